The Morgan fingerprint density at radius 2 is 1.70 bits per heavy atom. The van der Waals surface area contributed by atoms with E-state index in [-0.39, 0.29) is 36.2 Å². The third-order valence-electron chi connectivity index (χ3n) is 7.40. The Hall–Kier alpha value is -1.34. The topological polar surface area (TPSA) is 73.9 Å². The number of carbonyl (C=O) groups is 2. The summed E-state index contributed by atoms with van der Waals surface area (Å²) in [6.45, 7) is 12.3. The standard InChI is InChI=1S/C21H36N4O3.C2H6/c1-14-13-24(21(27)28-18-4-3-8-22-12-18)20-10-16(17-7-9-23-11-17)5-6-19(20)25(14)15(2)26;1-2/h14,16-20,22-23H,3-13H2,1-2H3;1-2H3. The maximum atomic E-state index is 13.1. The fourth-order valence-corrected chi connectivity index (χ4v) is 6.05. The van der Waals surface area contributed by atoms with Crippen molar-refractivity contribution >= 4 is 12.0 Å². The first-order valence-corrected chi connectivity index (χ1v) is 12.2. The molecule has 1 saturated carbocycles. The van der Waals surface area contributed by atoms with Gasteiger partial charge in [-0.05, 0) is 76.9 Å². The SMILES string of the molecule is CC.CC(=O)N1C(C)CN(C(=O)OC2CCCNC2)C2CC(C3CCNC3)CCC21. The molecule has 0 bridgehead atoms. The molecule has 7 nitrogen and oxygen atoms in total. The molecule has 0 aromatic heterocycles. The lowest BCUT2D eigenvalue weighted by Crippen LogP contribution is -2.67. The van der Waals surface area contributed by atoms with Crippen molar-refractivity contribution in [1.82, 2.24) is 20.4 Å². The highest BCUT2D eigenvalue weighted by Gasteiger charge is 2.48. The molecule has 2 amide bonds. The Morgan fingerprint density at radius 1 is 0.933 bits per heavy atom. The van der Waals surface area contributed by atoms with Gasteiger partial charge in [-0.25, -0.2) is 4.79 Å². The van der Waals surface area contributed by atoms with Gasteiger partial charge < -0.3 is 25.2 Å². The van der Waals surface area contributed by atoms with Crippen LogP contribution in [0.4, 0.5) is 4.79 Å². The van der Waals surface area contributed by atoms with E-state index in [9.17, 15) is 9.59 Å². The zero-order chi connectivity index (χ0) is 21.7. The van der Waals surface area contributed by atoms with Gasteiger partial charge >= 0.3 is 6.09 Å². The van der Waals surface area contributed by atoms with Gasteiger partial charge in [-0.15, -0.1) is 0 Å². The van der Waals surface area contributed by atoms with Gasteiger partial charge in [0.2, 0.25) is 5.91 Å². The molecule has 0 spiro atoms. The lowest BCUT2D eigenvalue weighted by molar-refractivity contribution is -0.142. The van der Waals surface area contributed by atoms with Crippen LogP contribution in [0.1, 0.15) is 66.2 Å². The minimum atomic E-state index is -0.177. The van der Waals surface area contributed by atoms with E-state index in [1.165, 1.54) is 6.42 Å². The highest BCUT2D eigenvalue weighted by atomic mass is 16.6. The van der Waals surface area contributed by atoms with Crippen molar-refractivity contribution in [3.8, 4) is 0 Å². The quantitative estimate of drug-likeness (QED) is 0.716. The van der Waals surface area contributed by atoms with Crippen molar-refractivity contribution in [2.75, 3.05) is 32.7 Å². The number of rotatable bonds is 2. The second-order valence-corrected chi connectivity index (χ2v) is 9.24. The third-order valence-corrected chi connectivity index (χ3v) is 7.40. The fraction of sp³-hybridized carbons (Fsp3) is 0.913. The van der Waals surface area contributed by atoms with E-state index < -0.39 is 0 Å². The first kappa shape index (κ1) is 23.3. The highest BCUT2D eigenvalue weighted by molar-refractivity contribution is 5.75. The zero-order valence-electron chi connectivity index (χ0n) is 19.4. The van der Waals surface area contributed by atoms with E-state index in [4.69, 9.17) is 4.74 Å². The van der Waals surface area contributed by atoms with Crippen LogP contribution in [-0.4, -0.2) is 78.8 Å². The molecule has 30 heavy (non-hydrogen) atoms. The zero-order valence-corrected chi connectivity index (χ0v) is 19.4. The number of ether oxygens (including phenoxy) is 1. The number of hydrogen-bond donors (Lipinski definition) is 2. The van der Waals surface area contributed by atoms with Crippen molar-refractivity contribution in [2.24, 2.45) is 11.8 Å². The van der Waals surface area contributed by atoms with Crippen LogP contribution in [0.15, 0.2) is 0 Å². The van der Waals surface area contributed by atoms with Crippen LogP contribution in [0.25, 0.3) is 0 Å². The van der Waals surface area contributed by atoms with Crippen LogP contribution < -0.4 is 10.6 Å². The van der Waals surface area contributed by atoms with Crippen molar-refractivity contribution in [2.45, 2.75) is 90.4 Å². The Bertz CT molecular complexity index is 575. The van der Waals surface area contributed by atoms with E-state index in [0.717, 1.165) is 58.3 Å². The van der Waals surface area contributed by atoms with Gasteiger partial charge in [-0.1, -0.05) is 13.8 Å². The first-order chi connectivity index (χ1) is 14.5. The number of hydrogen-bond acceptors (Lipinski definition) is 5. The number of piperazine rings is 1. The molecular formula is C23H42N4O3. The number of nitrogens with zero attached hydrogens (tertiary/aromatic N) is 2. The van der Waals surface area contributed by atoms with E-state index >= 15 is 0 Å². The van der Waals surface area contributed by atoms with Crippen LogP contribution in [-0.2, 0) is 9.53 Å². The third kappa shape index (κ3) is 5.10. The summed E-state index contributed by atoms with van der Waals surface area (Å²) < 4.78 is 5.89. The molecule has 4 rings (SSSR count). The van der Waals surface area contributed by atoms with E-state index in [2.05, 4.69) is 17.6 Å². The highest BCUT2D eigenvalue weighted by Crippen LogP contribution is 2.40. The van der Waals surface area contributed by atoms with Gasteiger partial charge in [0, 0.05) is 26.1 Å². The molecule has 3 aliphatic heterocycles. The molecule has 3 heterocycles. The molecule has 172 valence electrons. The molecular weight excluding hydrogens is 380 g/mol. The Labute approximate surface area is 182 Å². The van der Waals surface area contributed by atoms with E-state index in [1.807, 2.05) is 23.6 Å². The van der Waals surface area contributed by atoms with Crippen molar-refractivity contribution in [1.29, 1.82) is 0 Å². The lowest BCUT2D eigenvalue weighted by Gasteiger charge is -2.54. The molecule has 0 aromatic carbocycles. The average Bonchev–Trinajstić information content (AvgIpc) is 3.29. The van der Waals surface area contributed by atoms with Crippen LogP contribution in [0.3, 0.4) is 0 Å². The van der Waals surface area contributed by atoms with Gasteiger partial charge in [0.25, 0.3) is 0 Å². The van der Waals surface area contributed by atoms with Crippen molar-refractivity contribution < 1.29 is 14.3 Å². The van der Waals surface area contributed by atoms with E-state index in [1.54, 1.807) is 6.92 Å². The molecule has 6 atom stereocenters. The van der Waals surface area contributed by atoms with Crippen molar-refractivity contribution in [3.05, 3.63) is 0 Å². The van der Waals surface area contributed by atoms with Gasteiger partial charge in [0.1, 0.15) is 6.10 Å². The maximum Gasteiger partial charge on any atom is 0.410 e. The average molecular weight is 423 g/mol. The Kier molecular flexibility index (Phi) is 8.40. The summed E-state index contributed by atoms with van der Waals surface area (Å²) in [6, 6.07) is 0.257. The summed E-state index contributed by atoms with van der Waals surface area (Å²) in [5.74, 6) is 1.46. The molecule has 3 saturated heterocycles. The molecule has 0 radical (unpaired) electrons. The molecule has 1 aliphatic carbocycles. The predicted molar refractivity (Wildman–Crippen MR) is 118 cm³/mol. The number of fused-ring (bicyclic) bond motifs is 1. The summed E-state index contributed by atoms with van der Waals surface area (Å²) in [7, 11) is 0. The van der Waals surface area contributed by atoms with Crippen molar-refractivity contribution in [3.63, 3.8) is 0 Å². The minimum absolute atomic E-state index is 0.0285. The number of amides is 2. The smallest absolute Gasteiger partial charge is 0.410 e. The van der Waals surface area contributed by atoms with Gasteiger partial charge in [0.15, 0.2) is 0 Å². The fourth-order valence-electron chi connectivity index (χ4n) is 6.05. The van der Waals surface area contributed by atoms with Crippen LogP contribution in [0.5, 0.6) is 0 Å². The normalized spacial score (nSPS) is 36.4. The van der Waals surface area contributed by atoms with Gasteiger partial charge in [0.05, 0.1) is 12.1 Å². The van der Waals surface area contributed by atoms with Crippen LogP contribution >= 0.6 is 0 Å². The molecule has 6 unspecified atom stereocenters. The minimum Gasteiger partial charge on any atom is -0.445 e. The summed E-state index contributed by atoms with van der Waals surface area (Å²) in [4.78, 5) is 29.5. The van der Waals surface area contributed by atoms with Gasteiger partial charge in [-0.3, -0.25) is 4.79 Å². The molecule has 0 aromatic rings. The molecule has 7 heteroatoms. The molecule has 4 aliphatic rings. The molecule has 2 N–H and O–H groups in total. The summed E-state index contributed by atoms with van der Waals surface area (Å²) in [5, 5.41) is 6.81. The maximum absolute atomic E-state index is 13.1. The Morgan fingerprint density at radius 3 is 2.33 bits per heavy atom. The van der Waals surface area contributed by atoms with Crippen LogP contribution in [0.2, 0.25) is 0 Å². The predicted octanol–water partition coefficient (Wildman–Crippen LogP) is 2.60. The summed E-state index contributed by atoms with van der Waals surface area (Å²) in [5.41, 5.74) is 0. The van der Waals surface area contributed by atoms with E-state index in [0.29, 0.717) is 18.4 Å². The largest absolute Gasteiger partial charge is 0.445 e. The van der Waals surface area contributed by atoms with Gasteiger partial charge in [-0.2, -0.15) is 0 Å². The second kappa shape index (κ2) is 10.8. The second-order valence-electron chi connectivity index (χ2n) is 9.24. The Balaban J connectivity index is 0.00000124. The number of nitrogens with one attached hydrogen (secondary N) is 2. The number of piperidine rings is 1. The van der Waals surface area contributed by atoms with Crippen LogP contribution in [0, 0.1) is 11.8 Å². The number of carbonyl (C=O) groups excluding carboxylic acids is 2. The summed E-state index contributed by atoms with van der Waals surface area (Å²) >= 11 is 0. The summed E-state index contributed by atoms with van der Waals surface area (Å²) in [6.07, 6.45) is 6.15. The lowest BCUT2D eigenvalue weighted by atomic mass is 9.73. The first-order valence-electron chi connectivity index (χ1n) is 12.2. The molecule has 4 fully saturated rings. The monoisotopic (exact) mass is 422 g/mol.